The first-order valence-electron chi connectivity index (χ1n) is 5.18. The van der Waals surface area contributed by atoms with Crippen LogP contribution in [0.25, 0.3) is 0 Å². The second-order valence-corrected chi connectivity index (χ2v) is 8.33. The van der Waals surface area contributed by atoms with Crippen molar-refractivity contribution < 1.29 is 13.5 Å². The fraction of sp³-hybridized carbons (Fsp3) is 1.00. The van der Waals surface area contributed by atoms with Crippen molar-refractivity contribution in [1.29, 1.82) is 0 Å². The van der Waals surface area contributed by atoms with Crippen molar-refractivity contribution in [3.05, 3.63) is 0 Å². The van der Waals surface area contributed by atoms with Crippen molar-refractivity contribution in [3.63, 3.8) is 0 Å². The van der Waals surface area contributed by atoms with Crippen molar-refractivity contribution in [2.75, 3.05) is 0 Å². The van der Waals surface area contributed by atoms with Crippen LogP contribution in [-0.2, 0) is 10.0 Å². The van der Waals surface area contributed by atoms with Crippen molar-refractivity contribution in [2.45, 2.75) is 57.9 Å². The molecule has 0 aromatic carbocycles. The molecule has 1 fully saturated rings. The van der Waals surface area contributed by atoms with Crippen molar-refractivity contribution in [3.8, 4) is 0 Å². The molecule has 2 atom stereocenters. The van der Waals surface area contributed by atoms with Gasteiger partial charge < -0.3 is 5.11 Å². The second kappa shape index (κ2) is 3.43. The smallest absolute Gasteiger partial charge is 0.216 e. The zero-order chi connectivity index (χ0) is 12.1. The minimum Gasteiger partial charge on any atom is -0.392 e. The van der Waals surface area contributed by atoms with Crippen LogP contribution >= 0.6 is 0 Å². The highest BCUT2D eigenvalue weighted by Crippen LogP contribution is 2.41. The van der Waals surface area contributed by atoms with Crippen LogP contribution in [0.15, 0.2) is 0 Å². The van der Waals surface area contributed by atoms with Gasteiger partial charge in [-0.3, -0.25) is 0 Å². The summed E-state index contributed by atoms with van der Waals surface area (Å²) in [4.78, 5) is 0. The number of hydrogen-bond acceptors (Lipinski definition) is 3. The molecule has 2 N–H and O–H groups in total. The van der Waals surface area contributed by atoms with E-state index >= 15 is 0 Å². The van der Waals surface area contributed by atoms with E-state index in [1.165, 1.54) is 0 Å². The number of rotatable bonds is 2. The highest BCUT2D eigenvalue weighted by molar-refractivity contribution is 7.90. The molecule has 1 rings (SSSR count). The van der Waals surface area contributed by atoms with Crippen LogP contribution in [0, 0.1) is 5.41 Å². The Bertz CT molecular complexity index is 340. The molecule has 0 amide bonds. The standard InChI is InChI=1S/C10H21NO3S/c1-9(2,3)15(13,14)11-7-6-8(12)10(7,4)5/h7-8,11-12H,6H2,1-5H3. The molecule has 90 valence electrons. The van der Waals surface area contributed by atoms with Crippen LogP contribution in [-0.4, -0.2) is 30.4 Å². The lowest BCUT2D eigenvalue weighted by Crippen LogP contribution is -2.62. The molecule has 1 aliphatic rings. The molecule has 4 nitrogen and oxygen atoms in total. The zero-order valence-electron chi connectivity index (χ0n) is 10.0. The summed E-state index contributed by atoms with van der Waals surface area (Å²) in [6.07, 6.45) is 0.0904. The fourth-order valence-corrected chi connectivity index (χ4v) is 2.59. The molecule has 1 aliphatic carbocycles. The number of sulfonamides is 1. The van der Waals surface area contributed by atoms with Gasteiger partial charge in [-0.15, -0.1) is 0 Å². The lowest BCUT2D eigenvalue weighted by atomic mass is 9.65. The van der Waals surface area contributed by atoms with Crippen LogP contribution in [0.4, 0.5) is 0 Å². The minimum atomic E-state index is -3.31. The summed E-state index contributed by atoms with van der Waals surface area (Å²) in [5.41, 5.74) is -0.363. The molecule has 0 aromatic rings. The van der Waals surface area contributed by atoms with Gasteiger partial charge in [0.1, 0.15) is 0 Å². The number of aliphatic hydroxyl groups is 1. The van der Waals surface area contributed by atoms with Gasteiger partial charge in [0, 0.05) is 11.5 Å². The van der Waals surface area contributed by atoms with Gasteiger partial charge in [-0.2, -0.15) is 0 Å². The summed E-state index contributed by atoms with van der Waals surface area (Å²) >= 11 is 0. The molecule has 2 unspecified atom stereocenters. The predicted molar refractivity (Wildman–Crippen MR) is 60.0 cm³/mol. The van der Waals surface area contributed by atoms with E-state index < -0.39 is 20.9 Å². The van der Waals surface area contributed by atoms with Crippen LogP contribution < -0.4 is 4.72 Å². The van der Waals surface area contributed by atoms with E-state index in [1.807, 2.05) is 13.8 Å². The molecule has 0 saturated heterocycles. The Morgan fingerprint density at radius 1 is 1.33 bits per heavy atom. The zero-order valence-corrected chi connectivity index (χ0v) is 10.9. The van der Waals surface area contributed by atoms with E-state index in [9.17, 15) is 13.5 Å². The molecule has 0 heterocycles. The molecule has 0 spiro atoms. The lowest BCUT2D eigenvalue weighted by Gasteiger charge is -2.49. The maximum Gasteiger partial charge on any atom is 0.216 e. The SMILES string of the molecule is CC1(C)C(O)CC1NS(=O)(=O)C(C)(C)C. The fourth-order valence-electron chi connectivity index (χ4n) is 1.47. The van der Waals surface area contributed by atoms with Gasteiger partial charge in [0.05, 0.1) is 10.9 Å². The quantitative estimate of drug-likeness (QED) is 0.746. The van der Waals surface area contributed by atoms with E-state index in [2.05, 4.69) is 4.72 Å². The predicted octanol–water partition coefficient (Wildman–Crippen LogP) is 0.864. The van der Waals surface area contributed by atoms with E-state index in [-0.39, 0.29) is 11.5 Å². The summed E-state index contributed by atoms with van der Waals surface area (Å²) in [6.45, 7) is 8.74. The first kappa shape index (κ1) is 12.9. The lowest BCUT2D eigenvalue weighted by molar-refractivity contribution is -0.0646. The van der Waals surface area contributed by atoms with Gasteiger partial charge in [0.15, 0.2) is 0 Å². The van der Waals surface area contributed by atoms with E-state index in [4.69, 9.17) is 0 Å². The van der Waals surface area contributed by atoms with Crippen LogP contribution in [0.2, 0.25) is 0 Å². The highest BCUT2D eigenvalue weighted by atomic mass is 32.2. The maximum absolute atomic E-state index is 11.9. The van der Waals surface area contributed by atoms with Gasteiger partial charge in [-0.05, 0) is 27.2 Å². The largest absolute Gasteiger partial charge is 0.392 e. The third-order valence-corrected chi connectivity index (χ3v) is 5.53. The van der Waals surface area contributed by atoms with Crippen LogP contribution in [0.3, 0.4) is 0 Å². The Labute approximate surface area is 92.1 Å². The van der Waals surface area contributed by atoms with Crippen LogP contribution in [0.5, 0.6) is 0 Å². The van der Waals surface area contributed by atoms with Gasteiger partial charge in [-0.25, -0.2) is 13.1 Å². The number of aliphatic hydroxyl groups excluding tert-OH is 1. The molecule has 5 heteroatoms. The Morgan fingerprint density at radius 2 is 1.80 bits per heavy atom. The Morgan fingerprint density at radius 3 is 2.07 bits per heavy atom. The summed E-state index contributed by atoms with van der Waals surface area (Å²) in [7, 11) is -3.31. The van der Waals surface area contributed by atoms with Crippen molar-refractivity contribution in [2.24, 2.45) is 5.41 Å². The monoisotopic (exact) mass is 235 g/mol. The van der Waals surface area contributed by atoms with Gasteiger partial charge in [-0.1, -0.05) is 13.8 Å². The van der Waals surface area contributed by atoms with E-state index in [1.54, 1.807) is 20.8 Å². The van der Waals surface area contributed by atoms with E-state index in [0.29, 0.717) is 6.42 Å². The van der Waals surface area contributed by atoms with Gasteiger partial charge >= 0.3 is 0 Å². The van der Waals surface area contributed by atoms with E-state index in [0.717, 1.165) is 0 Å². The molecular weight excluding hydrogens is 214 g/mol. The summed E-state index contributed by atoms with van der Waals surface area (Å²) in [5, 5.41) is 9.51. The normalized spacial score (nSPS) is 31.1. The maximum atomic E-state index is 11.9. The Kier molecular flexibility index (Phi) is 2.96. The summed E-state index contributed by atoms with van der Waals surface area (Å²) in [5.74, 6) is 0. The molecular formula is C10H21NO3S. The average molecular weight is 235 g/mol. The minimum absolute atomic E-state index is 0.156. The summed E-state index contributed by atoms with van der Waals surface area (Å²) < 4.78 is 25.6. The highest BCUT2D eigenvalue weighted by Gasteiger charge is 2.49. The topological polar surface area (TPSA) is 66.4 Å². The Balaban J connectivity index is 2.74. The van der Waals surface area contributed by atoms with Crippen LogP contribution in [0.1, 0.15) is 41.0 Å². The Hall–Kier alpha value is -0.130. The number of hydrogen-bond donors (Lipinski definition) is 2. The summed E-state index contributed by atoms with van der Waals surface area (Å²) in [6, 6.07) is -0.156. The van der Waals surface area contributed by atoms with Crippen molar-refractivity contribution in [1.82, 2.24) is 4.72 Å². The third-order valence-electron chi connectivity index (χ3n) is 3.32. The van der Waals surface area contributed by atoms with Gasteiger partial charge in [0.25, 0.3) is 0 Å². The molecule has 1 saturated carbocycles. The third kappa shape index (κ3) is 2.19. The molecule has 0 bridgehead atoms. The average Bonchev–Trinajstić information content (AvgIpc) is 2.01. The van der Waals surface area contributed by atoms with Crippen molar-refractivity contribution >= 4 is 10.0 Å². The second-order valence-electron chi connectivity index (χ2n) is 5.86. The molecule has 0 aromatic heterocycles. The number of nitrogens with one attached hydrogen (secondary N) is 1. The first-order chi connectivity index (χ1) is 6.48. The van der Waals surface area contributed by atoms with Gasteiger partial charge in [0.2, 0.25) is 10.0 Å². The first-order valence-corrected chi connectivity index (χ1v) is 6.67. The molecule has 0 aliphatic heterocycles. The molecule has 0 radical (unpaired) electrons. The molecule has 15 heavy (non-hydrogen) atoms.